The summed E-state index contributed by atoms with van der Waals surface area (Å²) < 4.78 is 7.22. The van der Waals surface area contributed by atoms with Crippen molar-refractivity contribution >= 4 is 140 Å². The Kier molecular flexibility index (Phi) is 10.4. The highest BCUT2D eigenvalue weighted by Crippen LogP contribution is 2.52. The van der Waals surface area contributed by atoms with Crippen molar-refractivity contribution in [2.45, 2.75) is 0 Å². The number of hydrogen-bond donors (Lipinski definition) is 0. The number of nitrogens with zero attached hydrogens (tertiary/aromatic N) is 6. The van der Waals surface area contributed by atoms with Crippen LogP contribution in [0.4, 0.5) is 51.2 Å². The van der Waals surface area contributed by atoms with Gasteiger partial charge in [-0.1, -0.05) is 164 Å². The van der Waals surface area contributed by atoms with Crippen molar-refractivity contribution < 1.29 is 0 Å². The van der Waals surface area contributed by atoms with E-state index in [1.54, 1.807) is 0 Å². The van der Waals surface area contributed by atoms with E-state index in [9.17, 15) is 0 Å². The number of rotatable bonds is 8. The van der Waals surface area contributed by atoms with Gasteiger partial charge in [0.1, 0.15) is 0 Å². The minimum atomic E-state index is -0.110. The van der Waals surface area contributed by atoms with E-state index in [0.717, 1.165) is 73.6 Å². The van der Waals surface area contributed by atoms with Gasteiger partial charge in [-0.2, -0.15) is 0 Å². The zero-order valence-electron chi connectivity index (χ0n) is 46.2. The first kappa shape index (κ1) is 47.4. The molecule has 18 rings (SSSR count). The summed E-state index contributed by atoms with van der Waals surface area (Å²) in [6.45, 7) is -0.110. The van der Waals surface area contributed by atoms with E-state index in [2.05, 4.69) is 338 Å². The molecular formula is C78H51BN6. The molecule has 0 N–H and O–H groups in total. The Labute approximate surface area is 491 Å². The average molecular weight is 1080 g/mol. The quantitative estimate of drug-likeness (QED) is 0.142. The topological polar surface area (TPSA) is 24.5 Å². The molecule has 0 unspecified atom stereocenters. The molecule has 5 heterocycles. The second kappa shape index (κ2) is 18.6. The first-order valence-corrected chi connectivity index (χ1v) is 29.3. The lowest BCUT2D eigenvalue weighted by Gasteiger charge is -2.46. The molecule has 13 aromatic carbocycles. The van der Waals surface area contributed by atoms with E-state index in [1.807, 2.05) is 0 Å². The third-order valence-corrected chi connectivity index (χ3v) is 17.9. The van der Waals surface area contributed by atoms with E-state index >= 15 is 0 Å². The molecule has 0 fully saturated rings. The van der Waals surface area contributed by atoms with Gasteiger partial charge in [-0.15, -0.1) is 0 Å². The predicted octanol–water partition coefficient (Wildman–Crippen LogP) is 18.5. The fourth-order valence-corrected chi connectivity index (χ4v) is 14.5. The summed E-state index contributed by atoms with van der Waals surface area (Å²) >= 11 is 0. The number of fused-ring (bicyclic) bond motifs is 13. The molecule has 0 atom stereocenters. The van der Waals surface area contributed by atoms with Gasteiger partial charge >= 0.3 is 0 Å². The highest BCUT2D eigenvalue weighted by Gasteiger charge is 2.45. The summed E-state index contributed by atoms with van der Waals surface area (Å²) in [4.78, 5) is 7.64. The van der Waals surface area contributed by atoms with E-state index in [-0.39, 0.29) is 6.71 Å². The van der Waals surface area contributed by atoms with Crippen LogP contribution in [0.25, 0.3) is 82.5 Å². The van der Waals surface area contributed by atoms with Crippen LogP contribution in [-0.4, -0.2) is 20.4 Å². The van der Waals surface area contributed by atoms with E-state index in [4.69, 9.17) is 0 Å². The molecule has 0 saturated heterocycles. The van der Waals surface area contributed by atoms with Crippen LogP contribution in [0, 0.1) is 0 Å². The van der Waals surface area contributed by atoms with Crippen LogP contribution in [0.1, 0.15) is 0 Å². The van der Waals surface area contributed by atoms with Crippen LogP contribution in [0.15, 0.2) is 309 Å². The molecule has 6 nitrogen and oxygen atoms in total. The third-order valence-electron chi connectivity index (χ3n) is 17.9. The molecule has 7 heteroatoms. The summed E-state index contributed by atoms with van der Waals surface area (Å²) in [5.74, 6) is 0. The van der Waals surface area contributed by atoms with E-state index < -0.39 is 0 Å². The van der Waals surface area contributed by atoms with Crippen molar-refractivity contribution in [2.75, 3.05) is 14.7 Å². The Morgan fingerprint density at radius 1 is 0.247 bits per heavy atom. The van der Waals surface area contributed by atoms with Gasteiger partial charge in [-0.25, -0.2) is 0 Å². The van der Waals surface area contributed by atoms with Crippen molar-refractivity contribution in [3.63, 3.8) is 0 Å². The zero-order valence-corrected chi connectivity index (χ0v) is 46.2. The number of benzene rings is 13. The second-order valence-corrected chi connectivity index (χ2v) is 22.4. The van der Waals surface area contributed by atoms with Gasteiger partial charge in [0.15, 0.2) is 0 Å². The van der Waals surface area contributed by atoms with E-state index in [1.165, 1.54) is 76.5 Å². The maximum Gasteiger partial charge on any atom is 0.252 e. The molecule has 3 aromatic heterocycles. The average Bonchev–Trinajstić information content (AvgIpc) is 1.58. The molecule has 0 bridgehead atoms. The van der Waals surface area contributed by atoms with Crippen LogP contribution in [-0.2, 0) is 0 Å². The van der Waals surface area contributed by atoms with Crippen LogP contribution < -0.4 is 31.1 Å². The van der Waals surface area contributed by atoms with Gasteiger partial charge in [0.25, 0.3) is 6.71 Å². The SMILES string of the molecule is c1ccc(N(c2ccc3c(c2)c2ccccc2n3-c2ccccc2)c2ccc3c4c2N(c2ccc5c(c2)c2ccccc2n5-c2ccccc2)c2ccccc2B4c2ccccc2N3c2ccc3c(c2)c2ccccc2n3-c2ccccc2)cc1. The molecule has 0 amide bonds. The van der Waals surface area contributed by atoms with Crippen LogP contribution in [0.5, 0.6) is 0 Å². The number of hydrogen-bond acceptors (Lipinski definition) is 3. The highest BCUT2D eigenvalue weighted by atomic mass is 15.2. The van der Waals surface area contributed by atoms with Crippen molar-refractivity contribution in [1.82, 2.24) is 13.7 Å². The molecule has 0 spiro atoms. The first-order valence-electron chi connectivity index (χ1n) is 29.3. The van der Waals surface area contributed by atoms with Gasteiger partial charge in [-0.3, -0.25) is 0 Å². The van der Waals surface area contributed by atoms with Gasteiger partial charge in [0.2, 0.25) is 0 Å². The molecular weight excluding hydrogens is 1030 g/mol. The Morgan fingerprint density at radius 2 is 0.635 bits per heavy atom. The predicted molar refractivity (Wildman–Crippen MR) is 358 cm³/mol. The lowest BCUT2D eigenvalue weighted by atomic mass is 9.33. The number of anilines is 9. The van der Waals surface area contributed by atoms with Crippen LogP contribution in [0.2, 0.25) is 0 Å². The van der Waals surface area contributed by atoms with Gasteiger partial charge in [0.05, 0.1) is 44.5 Å². The van der Waals surface area contributed by atoms with Crippen molar-refractivity contribution in [1.29, 1.82) is 0 Å². The van der Waals surface area contributed by atoms with Crippen LogP contribution in [0.3, 0.4) is 0 Å². The Balaban J connectivity index is 0.938. The normalized spacial score (nSPS) is 12.6. The summed E-state index contributed by atoms with van der Waals surface area (Å²) in [6, 6.07) is 114. The van der Waals surface area contributed by atoms with Crippen molar-refractivity contribution in [2.24, 2.45) is 0 Å². The molecule has 0 aliphatic carbocycles. The molecule has 16 aromatic rings. The second-order valence-electron chi connectivity index (χ2n) is 22.4. The summed E-state index contributed by atoms with van der Waals surface area (Å²) in [5.41, 5.74) is 24.2. The maximum absolute atomic E-state index is 2.59. The Hall–Kier alpha value is -11.3. The molecule has 2 aliphatic heterocycles. The molecule has 396 valence electrons. The molecule has 85 heavy (non-hydrogen) atoms. The third kappa shape index (κ3) is 7.01. The highest BCUT2D eigenvalue weighted by molar-refractivity contribution is 7.00. The standard InChI is InChI=1S/C78H51BN6/c1-5-23-52(24-6-1)80(56-41-44-70-62(49-56)59-31-13-18-36-67(59)81(70)53-25-7-2-8-26-53)76-48-47-75-77-78(76)85(58-43-46-72-64(51-58)61-33-15-20-38-69(61)83(72)55-29-11-4-12-30-55)74-40-22-17-35-66(74)79(77)65-34-16-21-39-73(65)84(75)57-42-45-71-63(50-57)60-32-14-19-37-68(60)82(71)54-27-9-3-10-28-54/h1-51H. The lowest BCUT2D eigenvalue weighted by molar-refractivity contribution is 1.18. The summed E-state index contributed by atoms with van der Waals surface area (Å²) in [5, 5.41) is 7.22. The fourth-order valence-electron chi connectivity index (χ4n) is 14.5. The minimum absolute atomic E-state index is 0.110. The van der Waals surface area contributed by atoms with Gasteiger partial charge < -0.3 is 28.4 Å². The van der Waals surface area contributed by atoms with Crippen molar-refractivity contribution in [3.05, 3.63) is 309 Å². The first-order chi connectivity index (χ1) is 42.2. The van der Waals surface area contributed by atoms with E-state index in [0.29, 0.717) is 0 Å². The largest absolute Gasteiger partial charge is 0.311 e. The van der Waals surface area contributed by atoms with Crippen molar-refractivity contribution in [3.8, 4) is 17.1 Å². The maximum atomic E-state index is 2.59. The summed E-state index contributed by atoms with van der Waals surface area (Å²) in [7, 11) is 0. The Bertz CT molecular complexity index is 5330. The lowest BCUT2D eigenvalue weighted by Crippen LogP contribution is -2.61. The smallest absolute Gasteiger partial charge is 0.252 e. The summed E-state index contributed by atoms with van der Waals surface area (Å²) in [6.07, 6.45) is 0. The minimum Gasteiger partial charge on any atom is -0.311 e. The number of aromatic nitrogens is 3. The van der Waals surface area contributed by atoms with Crippen LogP contribution >= 0.6 is 0 Å². The van der Waals surface area contributed by atoms with Gasteiger partial charge in [0, 0.05) is 89.2 Å². The monoisotopic (exact) mass is 1080 g/mol. The molecule has 0 saturated carbocycles. The zero-order chi connectivity index (χ0) is 55.7. The fraction of sp³-hybridized carbons (Fsp3) is 0. The molecule has 0 radical (unpaired) electrons. The van der Waals surface area contributed by atoms with Gasteiger partial charge in [-0.05, 0) is 162 Å². The Morgan fingerprint density at radius 3 is 1.14 bits per heavy atom. The number of para-hydroxylation sites is 9. The molecule has 2 aliphatic rings.